The zero-order valence-electron chi connectivity index (χ0n) is 13.4. The Labute approximate surface area is 141 Å². The van der Waals surface area contributed by atoms with Crippen LogP contribution in [0.15, 0.2) is 77.9 Å². The summed E-state index contributed by atoms with van der Waals surface area (Å²) in [6, 6.07) is 16.4. The molecule has 0 aromatic heterocycles. The number of benzene rings is 2. The summed E-state index contributed by atoms with van der Waals surface area (Å²) in [4.78, 5) is 10.6. The second kappa shape index (κ2) is 7.01. The Bertz CT molecular complexity index is 843. The summed E-state index contributed by atoms with van der Waals surface area (Å²) < 4.78 is 5.79. The number of rotatable bonds is 4. The van der Waals surface area contributed by atoms with E-state index in [-0.39, 0.29) is 0 Å². The number of aliphatic carboxylic acids is 1. The van der Waals surface area contributed by atoms with Crippen molar-refractivity contribution in [1.29, 1.82) is 0 Å². The van der Waals surface area contributed by atoms with Crippen LogP contribution < -0.4 is 4.74 Å². The molecule has 0 spiro atoms. The normalized spacial score (nSPS) is 14.0. The highest BCUT2D eigenvalue weighted by Gasteiger charge is 2.11. The molecule has 0 bridgehead atoms. The van der Waals surface area contributed by atoms with Gasteiger partial charge in [0.2, 0.25) is 0 Å². The van der Waals surface area contributed by atoms with Gasteiger partial charge in [-0.05, 0) is 47.4 Å². The number of hydrogen-bond acceptors (Lipinski definition) is 2. The largest absolute Gasteiger partial charge is 0.488 e. The molecule has 1 aliphatic rings. The SMILES string of the molecule is CC(/C=C/C1=Cc2cc(-c3ccccc3)ccc2OC1)=C\C(=O)O. The van der Waals surface area contributed by atoms with Crippen LogP contribution in [0.25, 0.3) is 17.2 Å². The molecule has 24 heavy (non-hydrogen) atoms. The molecule has 0 fully saturated rings. The van der Waals surface area contributed by atoms with Crippen LogP contribution in [0.5, 0.6) is 5.75 Å². The van der Waals surface area contributed by atoms with Crippen molar-refractivity contribution < 1.29 is 14.6 Å². The van der Waals surface area contributed by atoms with E-state index >= 15 is 0 Å². The van der Waals surface area contributed by atoms with Gasteiger partial charge in [0.15, 0.2) is 0 Å². The van der Waals surface area contributed by atoms with Gasteiger partial charge in [0.25, 0.3) is 0 Å². The van der Waals surface area contributed by atoms with E-state index in [2.05, 4.69) is 30.3 Å². The molecule has 1 aliphatic heterocycles. The van der Waals surface area contributed by atoms with Gasteiger partial charge in [-0.2, -0.15) is 0 Å². The average molecular weight is 318 g/mol. The first-order valence-electron chi connectivity index (χ1n) is 7.74. The van der Waals surface area contributed by atoms with Crippen molar-refractivity contribution in [3.8, 4) is 16.9 Å². The fourth-order valence-electron chi connectivity index (χ4n) is 2.58. The van der Waals surface area contributed by atoms with Gasteiger partial charge in [0, 0.05) is 11.6 Å². The van der Waals surface area contributed by atoms with Crippen LogP contribution in [-0.2, 0) is 4.79 Å². The molecule has 0 aliphatic carbocycles. The van der Waals surface area contributed by atoms with E-state index in [0.717, 1.165) is 28.0 Å². The van der Waals surface area contributed by atoms with Gasteiger partial charge in [-0.25, -0.2) is 4.79 Å². The molecule has 2 aromatic rings. The number of allylic oxidation sites excluding steroid dienone is 2. The molecule has 2 aromatic carbocycles. The smallest absolute Gasteiger partial charge is 0.328 e. The van der Waals surface area contributed by atoms with E-state index in [1.165, 1.54) is 6.08 Å². The van der Waals surface area contributed by atoms with Crippen LogP contribution in [0, 0.1) is 0 Å². The van der Waals surface area contributed by atoms with Crippen molar-refractivity contribution in [2.45, 2.75) is 6.92 Å². The molecule has 1 N–H and O–H groups in total. The Kier molecular flexibility index (Phi) is 4.62. The van der Waals surface area contributed by atoms with Crippen molar-refractivity contribution in [2.24, 2.45) is 0 Å². The molecule has 0 radical (unpaired) electrons. The van der Waals surface area contributed by atoms with Gasteiger partial charge in [0.05, 0.1) is 0 Å². The highest BCUT2D eigenvalue weighted by atomic mass is 16.5. The van der Waals surface area contributed by atoms with E-state index in [0.29, 0.717) is 12.2 Å². The number of carboxylic acids is 1. The van der Waals surface area contributed by atoms with E-state index < -0.39 is 5.97 Å². The lowest BCUT2D eigenvalue weighted by Crippen LogP contribution is -2.05. The first-order chi connectivity index (χ1) is 11.6. The van der Waals surface area contributed by atoms with Crippen LogP contribution in [0.2, 0.25) is 0 Å². The van der Waals surface area contributed by atoms with E-state index in [1.54, 1.807) is 13.0 Å². The minimum absolute atomic E-state index is 0.481. The molecule has 1 heterocycles. The fraction of sp³-hybridized carbons (Fsp3) is 0.0952. The Morgan fingerprint density at radius 1 is 1.12 bits per heavy atom. The summed E-state index contributed by atoms with van der Waals surface area (Å²) in [5.41, 5.74) is 5.03. The molecular weight excluding hydrogens is 300 g/mol. The summed E-state index contributed by atoms with van der Waals surface area (Å²) >= 11 is 0. The summed E-state index contributed by atoms with van der Waals surface area (Å²) in [6.45, 7) is 2.24. The second-order valence-corrected chi connectivity index (χ2v) is 5.69. The molecular formula is C21H18O3. The summed E-state index contributed by atoms with van der Waals surface area (Å²) in [5.74, 6) is -0.0755. The molecule has 3 heteroatoms. The van der Waals surface area contributed by atoms with Crippen LogP contribution in [-0.4, -0.2) is 17.7 Å². The Morgan fingerprint density at radius 3 is 2.67 bits per heavy atom. The third-order valence-corrected chi connectivity index (χ3v) is 3.76. The Balaban J connectivity index is 1.87. The van der Waals surface area contributed by atoms with E-state index in [4.69, 9.17) is 9.84 Å². The van der Waals surface area contributed by atoms with Gasteiger partial charge >= 0.3 is 5.97 Å². The van der Waals surface area contributed by atoms with Crippen LogP contribution in [0.1, 0.15) is 12.5 Å². The second-order valence-electron chi connectivity index (χ2n) is 5.69. The number of carbonyl (C=O) groups is 1. The molecule has 0 saturated heterocycles. The highest BCUT2D eigenvalue weighted by molar-refractivity contribution is 5.81. The van der Waals surface area contributed by atoms with Gasteiger partial charge in [-0.3, -0.25) is 0 Å². The lowest BCUT2D eigenvalue weighted by Gasteiger charge is -2.17. The lowest BCUT2D eigenvalue weighted by atomic mass is 9.99. The van der Waals surface area contributed by atoms with Crippen molar-refractivity contribution in [3.05, 3.63) is 83.5 Å². The van der Waals surface area contributed by atoms with Crippen LogP contribution >= 0.6 is 0 Å². The van der Waals surface area contributed by atoms with Crippen LogP contribution in [0.4, 0.5) is 0 Å². The molecule has 3 nitrogen and oxygen atoms in total. The summed E-state index contributed by atoms with van der Waals surface area (Å²) in [5, 5.41) is 8.74. The zero-order valence-corrected chi connectivity index (χ0v) is 13.4. The van der Waals surface area contributed by atoms with Crippen LogP contribution in [0.3, 0.4) is 0 Å². The predicted octanol–water partition coefficient (Wildman–Crippen LogP) is 4.72. The minimum Gasteiger partial charge on any atom is -0.488 e. The number of carboxylic acid groups (broad SMARTS) is 1. The third-order valence-electron chi connectivity index (χ3n) is 3.76. The van der Waals surface area contributed by atoms with Gasteiger partial charge in [-0.1, -0.05) is 48.6 Å². The molecule has 0 atom stereocenters. The molecule has 0 saturated carbocycles. The number of fused-ring (bicyclic) bond motifs is 1. The predicted molar refractivity (Wildman–Crippen MR) is 95.9 cm³/mol. The molecule has 120 valence electrons. The van der Waals surface area contributed by atoms with Crippen molar-refractivity contribution in [2.75, 3.05) is 6.61 Å². The quantitative estimate of drug-likeness (QED) is 0.655. The Hall–Kier alpha value is -3.07. The maximum atomic E-state index is 10.6. The monoisotopic (exact) mass is 318 g/mol. The summed E-state index contributed by atoms with van der Waals surface area (Å²) in [6.07, 6.45) is 6.94. The van der Waals surface area contributed by atoms with E-state index in [1.807, 2.05) is 30.3 Å². The van der Waals surface area contributed by atoms with Crippen molar-refractivity contribution in [1.82, 2.24) is 0 Å². The molecule has 0 unspecified atom stereocenters. The summed E-state index contributed by atoms with van der Waals surface area (Å²) in [7, 11) is 0. The van der Waals surface area contributed by atoms with E-state index in [9.17, 15) is 4.79 Å². The maximum Gasteiger partial charge on any atom is 0.328 e. The number of ether oxygens (including phenoxy) is 1. The average Bonchev–Trinajstić information content (AvgIpc) is 2.59. The highest BCUT2D eigenvalue weighted by Crippen LogP contribution is 2.31. The van der Waals surface area contributed by atoms with Crippen molar-refractivity contribution in [3.63, 3.8) is 0 Å². The van der Waals surface area contributed by atoms with Gasteiger partial charge in [0.1, 0.15) is 12.4 Å². The fourth-order valence-corrected chi connectivity index (χ4v) is 2.58. The first-order valence-corrected chi connectivity index (χ1v) is 7.74. The molecule has 0 amide bonds. The maximum absolute atomic E-state index is 10.6. The minimum atomic E-state index is -0.941. The Morgan fingerprint density at radius 2 is 1.92 bits per heavy atom. The zero-order chi connectivity index (χ0) is 16.9. The van der Waals surface area contributed by atoms with Gasteiger partial charge in [-0.15, -0.1) is 0 Å². The third kappa shape index (κ3) is 3.82. The van der Waals surface area contributed by atoms with Gasteiger partial charge < -0.3 is 9.84 Å². The van der Waals surface area contributed by atoms with Crippen molar-refractivity contribution >= 4 is 12.0 Å². The molecule has 3 rings (SSSR count). The number of hydrogen-bond donors (Lipinski definition) is 1. The standard InChI is InChI=1S/C21H18O3/c1-15(11-21(22)23)7-8-16-12-19-13-18(9-10-20(19)24-14-16)17-5-3-2-4-6-17/h2-13H,14H2,1H3,(H,22,23)/b8-7+,15-11+. The lowest BCUT2D eigenvalue weighted by molar-refractivity contribution is -0.131. The topological polar surface area (TPSA) is 46.5 Å². The first kappa shape index (κ1) is 15.8.